The summed E-state index contributed by atoms with van der Waals surface area (Å²) in [6.07, 6.45) is 1.48. The number of rotatable bonds is 8. The molecule has 10 nitrogen and oxygen atoms in total. The Kier molecular flexibility index (Phi) is 7.32. The highest BCUT2D eigenvalue weighted by molar-refractivity contribution is 5.89. The summed E-state index contributed by atoms with van der Waals surface area (Å²) in [4.78, 5) is 29.7. The molecule has 2 aromatic carbocycles. The van der Waals surface area contributed by atoms with Crippen LogP contribution >= 0.6 is 0 Å². The zero-order valence-corrected chi connectivity index (χ0v) is 20.6. The number of phenols is 1. The number of nitrogens with zero attached hydrogens (tertiary/aromatic N) is 5. The standard InChI is InChI=1S/C26H27FN6O4/c1-26(2,3)28-25(36)23(17-8-12-20(34)13-9-17)32(15-21-5-4-14-37-21)22(35)16-33-30-24(29-31-33)18-6-10-19(27)11-7-18/h4-14,23,34H,15-16H2,1-3H3,(H,28,36)/t23-/m1/s1. The second-order valence-electron chi connectivity index (χ2n) is 9.48. The van der Waals surface area contributed by atoms with Gasteiger partial charge in [-0.3, -0.25) is 9.59 Å². The fourth-order valence-corrected chi connectivity index (χ4v) is 3.70. The minimum Gasteiger partial charge on any atom is -0.508 e. The average molecular weight is 507 g/mol. The van der Waals surface area contributed by atoms with Gasteiger partial charge in [-0.15, -0.1) is 10.2 Å². The third-order valence-corrected chi connectivity index (χ3v) is 5.33. The molecule has 0 aliphatic heterocycles. The van der Waals surface area contributed by atoms with Crippen LogP contribution in [0.3, 0.4) is 0 Å². The van der Waals surface area contributed by atoms with Gasteiger partial charge < -0.3 is 19.7 Å². The Hall–Kier alpha value is -4.54. The molecule has 0 bridgehead atoms. The van der Waals surface area contributed by atoms with Crippen molar-refractivity contribution in [1.29, 1.82) is 0 Å². The summed E-state index contributed by atoms with van der Waals surface area (Å²) in [6.45, 7) is 5.20. The molecule has 2 N–H and O–H groups in total. The number of hydrogen-bond acceptors (Lipinski definition) is 7. The molecule has 4 aromatic rings. The first-order chi connectivity index (χ1) is 17.6. The molecule has 0 aliphatic rings. The number of tetrazole rings is 1. The van der Waals surface area contributed by atoms with Crippen molar-refractivity contribution in [1.82, 2.24) is 30.4 Å². The molecule has 192 valence electrons. The fourth-order valence-electron chi connectivity index (χ4n) is 3.70. The summed E-state index contributed by atoms with van der Waals surface area (Å²) in [6, 6.07) is 14.0. The molecule has 0 fully saturated rings. The summed E-state index contributed by atoms with van der Waals surface area (Å²) in [5.74, 6) is -0.542. The Labute approximate surface area is 212 Å². The maximum atomic E-state index is 13.7. The fraction of sp³-hybridized carbons (Fsp3) is 0.269. The first-order valence-corrected chi connectivity index (χ1v) is 11.6. The number of benzene rings is 2. The quantitative estimate of drug-likeness (QED) is 0.375. The monoisotopic (exact) mass is 506 g/mol. The van der Waals surface area contributed by atoms with Gasteiger partial charge in [-0.25, -0.2) is 4.39 Å². The molecule has 1 atom stereocenters. The molecule has 11 heteroatoms. The van der Waals surface area contributed by atoms with Crippen LogP contribution in [0, 0.1) is 5.82 Å². The van der Waals surface area contributed by atoms with Gasteiger partial charge >= 0.3 is 0 Å². The minimum atomic E-state index is -1.04. The summed E-state index contributed by atoms with van der Waals surface area (Å²) >= 11 is 0. The van der Waals surface area contributed by atoms with Crippen LogP contribution in [0.2, 0.25) is 0 Å². The molecule has 4 rings (SSSR count). The lowest BCUT2D eigenvalue weighted by Crippen LogP contribution is -2.49. The van der Waals surface area contributed by atoms with Crippen molar-refractivity contribution in [3.05, 3.63) is 84.1 Å². The number of carbonyl (C=O) groups is 2. The van der Waals surface area contributed by atoms with Crippen molar-refractivity contribution in [2.45, 2.75) is 45.4 Å². The highest BCUT2D eigenvalue weighted by atomic mass is 19.1. The molecular formula is C26H27FN6O4. The molecule has 0 radical (unpaired) electrons. The van der Waals surface area contributed by atoms with Crippen molar-refractivity contribution in [3.8, 4) is 17.1 Å². The van der Waals surface area contributed by atoms with Crippen molar-refractivity contribution in [2.75, 3.05) is 0 Å². The number of furan rings is 1. The molecule has 0 unspecified atom stereocenters. The molecule has 0 saturated heterocycles. The van der Waals surface area contributed by atoms with Gasteiger partial charge in [0.05, 0.1) is 12.8 Å². The van der Waals surface area contributed by atoms with E-state index < -0.39 is 29.2 Å². The highest BCUT2D eigenvalue weighted by Gasteiger charge is 2.34. The van der Waals surface area contributed by atoms with Crippen LogP contribution in [0.1, 0.15) is 38.1 Å². The zero-order valence-electron chi connectivity index (χ0n) is 20.6. The number of hydrogen-bond donors (Lipinski definition) is 2. The molecule has 0 saturated carbocycles. The highest BCUT2D eigenvalue weighted by Crippen LogP contribution is 2.27. The van der Waals surface area contributed by atoms with E-state index in [0.717, 1.165) is 4.80 Å². The summed E-state index contributed by atoms with van der Waals surface area (Å²) in [5, 5.41) is 24.9. The van der Waals surface area contributed by atoms with E-state index in [1.807, 2.05) is 20.8 Å². The van der Waals surface area contributed by atoms with Crippen molar-refractivity contribution < 1.29 is 23.5 Å². The predicted octanol–water partition coefficient (Wildman–Crippen LogP) is 3.46. The molecule has 37 heavy (non-hydrogen) atoms. The predicted molar refractivity (Wildman–Crippen MR) is 131 cm³/mol. The Morgan fingerprint density at radius 2 is 1.81 bits per heavy atom. The van der Waals surface area contributed by atoms with E-state index in [2.05, 4.69) is 20.7 Å². The third kappa shape index (κ3) is 6.57. The van der Waals surface area contributed by atoms with Gasteiger partial charge in [0.25, 0.3) is 0 Å². The van der Waals surface area contributed by atoms with Crippen molar-refractivity contribution >= 4 is 11.8 Å². The average Bonchev–Trinajstić information content (AvgIpc) is 3.51. The molecule has 0 aliphatic carbocycles. The lowest BCUT2D eigenvalue weighted by atomic mass is 10.0. The van der Waals surface area contributed by atoms with Gasteiger partial charge in [0.2, 0.25) is 17.6 Å². The Morgan fingerprint density at radius 3 is 2.43 bits per heavy atom. The van der Waals surface area contributed by atoms with Crippen LogP contribution < -0.4 is 5.32 Å². The van der Waals surface area contributed by atoms with E-state index in [1.165, 1.54) is 47.6 Å². The Balaban J connectivity index is 1.66. The van der Waals surface area contributed by atoms with Crippen LogP contribution in [0.4, 0.5) is 4.39 Å². The third-order valence-electron chi connectivity index (χ3n) is 5.33. The number of carbonyl (C=O) groups excluding carboxylic acids is 2. The SMILES string of the molecule is CC(C)(C)NC(=O)[C@@H](c1ccc(O)cc1)N(Cc1ccco1)C(=O)Cn1nnc(-c2ccc(F)cc2)n1. The van der Waals surface area contributed by atoms with E-state index in [4.69, 9.17) is 4.42 Å². The smallest absolute Gasteiger partial charge is 0.247 e. The van der Waals surface area contributed by atoms with Gasteiger partial charge in [-0.2, -0.15) is 4.80 Å². The Bertz CT molecular complexity index is 1350. The molecular weight excluding hydrogens is 479 g/mol. The van der Waals surface area contributed by atoms with Crippen LogP contribution in [-0.2, 0) is 22.7 Å². The zero-order chi connectivity index (χ0) is 26.6. The van der Waals surface area contributed by atoms with Gasteiger partial charge in [0, 0.05) is 11.1 Å². The first-order valence-electron chi connectivity index (χ1n) is 11.6. The van der Waals surface area contributed by atoms with Gasteiger partial charge in [0.15, 0.2) is 0 Å². The summed E-state index contributed by atoms with van der Waals surface area (Å²) in [7, 11) is 0. The maximum Gasteiger partial charge on any atom is 0.247 e. The summed E-state index contributed by atoms with van der Waals surface area (Å²) in [5.41, 5.74) is 0.473. The number of halogens is 1. The van der Waals surface area contributed by atoms with Crippen LogP contribution in [0.15, 0.2) is 71.3 Å². The number of nitrogens with one attached hydrogen (secondary N) is 1. The van der Waals surface area contributed by atoms with E-state index in [1.54, 1.807) is 24.3 Å². The Morgan fingerprint density at radius 1 is 1.11 bits per heavy atom. The van der Waals surface area contributed by atoms with E-state index >= 15 is 0 Å². The van der Waals surface area contributed by atoms with Crippen LogP contribution in [0.5, 0.6) is 5.75 Å². The van der Waals surface area contributed by atoms with Gasteiger partial charge in [-0.05, 0) is 80.1 Å². The number of amides is 2. The number of phenolic OH excluding ortho intramolecular Hbond substituents is 1. The first kappa shape index (κ1) is 25.5. The van der Waals surface area contributed by atoms with E-state index in [-0.39, 0.29) is 24.7 Å². The second-order valence-corrected chi connectivity index (χ2v) is 9.48. The normalized spacial score (nSPS) is 12.2. The maximum absolute atomic E-state index is 13.7. The van der Waals surface area contributed by atoms with Gasteiger partial charge in [0.1, 0.15) is 29.9 Å². The van der Waals surface area contributed by atoms with Crippen molar-refractivity contribution in [2.24, 2.45) is 0 Å². The van der Waals surface area contributed by atoms with Crippen LogP contribution in [-0.4, -0.2) is 47.6 Å². The lowest BCUT2D eigenvalue weighted by Gasteiger charge is -2.33. The van der Waals surface area contributed by atoms with E-state index in [9.17, 15) is 19.1 Å². The van der Waals surface area contributed by atoms with Crippen molar-refractivity contribution in [3.63, 3.8) is 0 Å². The van der Waals surface area contributed by atoms with Gasteiger partial charge in [-0.1, -0.05) is 12.1 Å². The molecule has 2 amide bonds. The second kappa shape index (κ2) is 10.6. The number of aromatic nitrogens is 4. The molecule has 2 heterocycles. The lowest BCUT2D eigenvalue weighted by molar-refractivity contribution is -0.143. The minimum absolute atomic E-state index is 0.00550. The topological polar surface area (TPSA) is 126 Å². The molecule has 2 aromatic heterocycles. The number of aromatic hydroxyl groups is 1. The summed E-state index contributed by atoms with van der Waals surface area (Å²) < 4.78 is 18.7. The largest absolute Gasteiger partial charge is 0.508 e. The van der Waals surface area contributed by atoms with Crippen LogP contribution in [0.25, 0.3) is 11.4 Å². The van der Waals surface area contributed by atoms with E-state index in [0.29, 0.717) is 16.9 Å². The molecule has 0 spiro atoms.